The summed E-state index contributed by atoms with van der Waals surface area (Å²) in [5, 5.41) is 1.20. The predicted octanol–water partition coefficient (Wildman–Crippen LogP) is 2.11. The van der Waals surface area contributed by atoms with E-state index in [9.17, 15) is 0 Å². The summed E-state index contributed by atoms with van der Waals surface area (Å²) < 4.78 is 0. The van der Waals surface area contributed by atoms with E-state index in [-0.39, 0.29) is 0 Å². The van der Waals surface area contributed by atoms with Crippen molar-refractivity contribution in [2.45, 2.75) is 19.3 Å². The fourth-order valence-corrected chi connectivity index (χ4v) is 3.14. The van der Waals surface area contributed by atoms with Gasteiger partial charge in [0.1, 0.15) is 0 Å². The smallest absolute Gasteiger partial charge is 0.00345 e. The minimum absolute atomic E-state index is 1.01. The van der Waals surface area contributed by atoms with E-state index in [0.717, 1.165) is 11.8 Å². The van der Waals surface area contributed by atoms with E-state index in [1.807, 2.05) is 0 Å². The molecule has 0 spiro atoms. The van der Waals surface area contributed by atoms with Gasteiger partial charge in [0.15, 0.2) is 0 Å². The first-order valence-electron chi connectivity index (χ1n) is 4.68. The van der Waals surface area contributed by atoms with Crippen LogP contribution in [0.2, 0.25) is 0 Å². The second-order valence-corrected chi connectivity index (χ2v) is 4.67. The first kappa shape index (κ1) is 8.06. The van der Waals surface area contributed by atoms with Gasteiger partial charge >= 0.3 is 0 Å². The Kier molecular flexibility index (Phi) is 2.52. The van der Waals surface area contributed by atoms with Crippen LogP contribution < -0.4 is 0 Å². The Labute approximate surface area is 77.3 Å². The highest BCUT2D eigenvalue weighted by molar-refractivity contribution is 9.09. The third-order valence-electron chi connectivity index (χ3n) is 3.27. The monoisotopic (exact) mass is 217 g/mol. The average Bonchev–Trinajstić information content (AvgIpc) is 2.07. The van der Waals surface area contributed by atoms with E-state index in [4.69, 9.17) is 0 Å². The standard InChI is InChI=1S/C9H16BrN/c10-4-1-9-7-11-5-2-8(9)3-6-11/h8-9H,1-7H2. The number of nitrogens with zero attached hydrogens (tertiary/aromatic N) is 1. The van der Waals surface area contributed by atoms with Crippen LogP contribution in [0.15, 0.2) is 0 Å². The quantitative estimate of drug-likeness (QED) is 0.641. The Hall–Kier alpha value is 0.440. The molecule has 0 aliphatic carbocycles. The molecule has 11 heavy (non-hydrogen) atoms. The van der Waals surface area contributed by atoms with Crippen LogP contribution >= 0.6 is 15.9 Å². The molecule has 1 atom stereocenters. The van der Waals surface area contributed by atoms with Crippen molar-refractivity contribution in [1.82, 2.24) is 4.90 Å². The Balaban J connectivity index is 1.92. The summed E-state index contributed by atoms with van der Waals surface area (Å²) >= 11 is 3.54. The molecule has 3 fully saturated rings. The number of hydrogen-bond donors (Lipinski definition) is 0. The third kappa shape index (κ3) is 1.62. The molecule has 0 N–H and O–H groups in total. The number of halogens is 1. The summed E-state index contributed by atoms with van der Waals surface area (Å²) in [5.74, 6) is 2.08. The second-order valence-electron chi connectivity index (χ2n) is 3.88. The van der Waals surface area contributed by atoms with Crippen LogP contribution in [0.3, 0.4) is 0 Å². The van der Waals surface area contributed by atoms with Crippen LogP contribution in [0.4, 0.5) is 0 Å². The van der Waals surface area contributed by atoms with E-state index in [2.05, 4.69) is 20.8 Å². The van der Waals surface area contributed by atoms with Gasteiger partial charge in [-0.05, 0) is 44.2 Å². The van der Waals surface area contributed by atoms with Gasteiger partial charge in [-0.15, -0.1) is 0 Å². The van der Waals surface area contributed by atoms with Crippen molar-refractivity contribution < 1.29 is 0 Å². The summed E-state index contributed by atoms with van der Waals surface area (Å²) in [5.41, 5.74) is 0. The van der Waals surface area contributed by atoms with Crippen molar-refractivity contribution in [3.63, 3.8) is 0 Å². The van der Waals surface area contributed by atoms with Gasteiger partial charge in [0.05, 0.1) is 0 Å². The van der Waals surface area contributed by atoms with Crippen molar-refractivity contribution >= 4 is 15.9 Å². The molecule has 0 radical (unpaired) electrons. The highest BCUT2D eigenvalue weighted by Gasteiger charge is 2.33. The Morgan fingerprint density at radius 1 is 1.27 bits per heavy atom. The second kappa shape index (κ2) is 3.44. The van der Waals surface area contributed by atoms with E-state index < -0.39 is 0 Å². The zero-order chi connectivity index (χ0) is 7.68. The molecule has 64 valence electrons. The molecular weight excluding hydrogens is 202 g/mol. The lowest BCUT2D eigenvalue weighted by Crippen LogP contribution is -2.47. The molecule has 0 amide bonds. The fraction of sp³-hybridized carbons (Fsp3) is 1.00. The maximum atomic E-state index is 3.54. The van der Waals surface area contributed by atoms with E-state index >= 15 is 0 Å². The summed E-state index contributed by atoms with van der Waals surface area (Å²) in [6.45, 7) is 4.14. The number of rotatable bonds is 2. The zero-order valence-electron chi connectivity index (χ0n) is 6.93. The van der Waals surface area contributed by atoms with Gasteiger partial charge in [0.25, 0.3) is 0 Å². The molecule has 0 aromatic heterocycles. The van der Waals surface area contributed by atoms with Crippen LogP contribution in [0, 0.1) is 11.8 Å². The van der Waals surface area contributed by atoms with Gasteiger partial charge in [-0.25, -0.2) is 0 Å². The van der Waals surface area contributed by atoms with Gasteiger partial charge in [-0.1, -0.05) is 15.9 Å². The maximum absolute atomic E-state index is 3.54. The van der Waals surface area contributed by atoms with Crippen LogP contribution in [0.1, 0.15) is 19.3 Å². The molecule has 1 unspecified atom stereocenters. The van der Waals surface area contributed by atoms with E-state index in [1.165, 1.54) is 44.2 Å². The largest absolute Gasteiger partial charge is 0.303 e. The van der Waals surface area contributed by atoms with Gasteiger partial charge in [0, 0.05) is 11.9 Å². The lowest BCUT2D eigenvalue weighted by molar-refractivity contribution is 0.0500. The van der Waals surface area contributed by atoms with Crippen molar-refractivity contribution in [2.75, 3.05) is 25.0 Å². The summed E-state index contributed by atoms with van der Waals surface area (Å²) in [6.07, 6.45) is 4.33. The summed E-state index contributed by atoms with van der Waals surface area (Å²) in [4.78, 5) is 2.63. The number of alkyl halides is 1. The molecule has 0 aromatic rings. The van der Waals surface area contributed by atoms with Gasteiger partial charge in [0.2, 0.25) is 0 Å². The third-order valence-corrected chi connectivity index (χ3v) is 3.73. The minimum Gasteiger partial charge on any atom is -0.303 e. The molecule has 3 rings (SSSR count). The van der Waals surface area contributed by atoms with Crippen LogP contribution in [0.25, 0.3) is 0 Å². The lowest BCUT2D eigenvalue weighted by Gasteiger charge is -2.44. The molecule has 1 nitrogen and oxygen atoms in total. The maximum Gasteiger partial charge on any atom is 0.00345 e. The van der Waals surface area contributed by atoms with Crippen molar-refractivity contribution in [3.8, 4) is 0 Å². The Bertz CT molecular complexity index is 130. The SMILES string of the molecule is BrCCC1CN2CCC1CC2. The van der Waals surface area contributed by atoms with Gasteiger partial charge < -0.3 is 4.90 Å². The number of fused-ring (bicyclic) bond motifs is 3. The zero-order valence-corrected chi connectivity index (χ0v) is 8.52. The normalized spacial score (nSPS) is 42.8. The Morgan fingerprint density at radius 3 is 2.45 bits per heavy atom. The van der Waals surface area contributed by atoms with Gasteiger partial charge in [-0.2, -0.15) is 0 Å². The van der Waals surface area contributed by atoms with Crippen molar-refractivity contribution in [2.24, 2.45) is 11.8 Å². The molecule has 2 bridgehead atoms. The van der Waals surface area contributed by atoms with Crippen LogP contribution in [0.5, 0.6) is 0 Å². The molecule has 3 saturated heterocycles. The Morgan fingerprint density at radius 2 is 2.00 bits per heavy atom. The van der Waals surface area contributed by atoms with Crippen molar-refractivity contribution in [1.29, 1.82) is 0 Å². The molecule has 2 heteroatoms. The molecule has 3 aliphatic rings. The van der Waals surface area contributed by atoms with Crippen molar-refractivity contribution in [3.05, 3.63) is 0 Å². The molecule has 0 aromatic carbocycles. The molecule has 3 heterocycles. The average molecular weight is 218 g/mol. The topological polar surface area (TPSA) is 3.24 Å². The van der Waals surface area contributed by atoms with E-state index in [0.29, 0.717) is 0 Å². The van der Waals surface area contributed by atoms with Crippen LogP contribution in [-0.4, -0.2) is 29.9 Å². The lowest BCUT2D eigenvalue weighted by atomic mass is 9.78. The molecule has 3 aliphatic heterocycles. The van der Waals surface area contributed by atoms with Gasteiger partial charge in [-0.3, -0.25) is 0 Å². The molecular formula is C9H16BrN. The highest BCUT2D eigenvalue weighted by atomic mass is 79.9. The first-order chi connectivity index (χ1) is 5.40. The summed E-state index contributed by atoms with van der Waals surface area (Å²) in [6, 6.07) is 0. The molecule has 0 saturated carbocycles. The predicted molar refractivity (Wildman–Crippen MR) is 51.1 cm³/mol. The van der Waals surface area contributed by atoms with Crippen LogP contribution in [-0.2, 0) is 0 Å². The number of piperidine rings is 3. The first-order valence-corrected chi connectivity index (χ1v) is 5.80. The highest BCUT2D eigenvalue weighted by Crippen LogP contribution is 2.34. The minimum atomic E-state index is 1.01. The number of hydrogen-bond acceptors (Lipinski definition) is 1. The van der Waals surface area contributed by atoms with E-state index in [1.54, 1.807) is 0 Å². The fourth-order valence-electron chi connectivity index (χ4n) is 2.55. The summed E-state index contributed by atoms with van der Waals surface area (Å²) in [7, 11) is 0.